The van der Waals surface area contributed by atoms with E-state index in [4.69, 9.17) is 9.26 Å². The second kappa shape index (κ2) is 9.99. The summed E-state index contributed by atoms with van der Waals surface area (Å²) in [5, 5.41) is 6.94. The standard InChI is InChI=1S/C25H29N3O5S/c1-17-24(18(2)33-27-17)34(30,31)28-15-7-10-21(16-28)25(29)26-23(19-8-5-4-6-9-19)20-11-13-22(32-3)14-12-20/h4-6,8-9,11-14,21,23H,7,10,15-16H2,1-3H3,(H,26,29). The number of aromatic nitrogens is 1. The van der Waals surface area contributed by atoms with Crippen LogP contribution in [-0.2, 0) is 14.8 Å². The topological polar surface area (TPSA) is 102 Å². The maximum atomic E-state index is 13.4. The molecule has 0 aliphatic carbocycles. The number of aryl methyl sites for hydroxylation is 2. The number of rotatable bonds is 7. The Morgan fingerprint density at radius 2 is 1.79 bits per heavy atom. The van der Waals surface area contributed by atoms with Gasteiger partial charge in [0.05, 0.1) is 19.1 Å². The fourth-order valence-electron chi connectivity index (χ4n) is 4.41. The highest BCUT2D eigenvalue weighted by Crippen LogP contribution is 2.29. The van der Waals surface area contributed by atoms with Gasteiger partial charge < -0.3 is 14.6 Å². The van der Waals surface area contributed by atoms with E-state index in [1.807, 2.05) is 54.6 Å². The maximum Gasteiger partial charge on any atom is 0.248 e. The van der Waals surface area contributed by atoms with Crippen LogP contribution in [0.4, 0.5) is 0 Å². The van der Waals surface area contributed by atoms with E-state index in [1.54, 1.807) is 21.0 Å². The monoisotopic (exact) mass is 483 g/mol. The molecule has 34 heavy (non-hydrogen) atoms. The van der Waals surface area contributed by atoms with Gasteiger partial charge in [0.1, 0.15) is 16.3 Å². The zero-order valence-corrected chi connectivity index (χ0v) is 20.3. The lowest BCUT2D eigenvalue weighted by atomic mass is 9.95. The molecule has 9 heteroatoms. The number of methoxy groups -OCH3 is 1. The van der Waals surface area contributed by atoms with Crippen molar-refractivity contribution in [2.24, 2.45) is 5.92 Å². The minimum absolute atomic E-state index is 0.0916. The van der Waals surface area contributed by atoms with Crippen molar-refractivity contribution in [3.05, 3.63) is 77.2 Å². The summed E-state index contributed by atoms with van der Waals surface area (Å²) < 4.78 is 38.2. The molecule has 0 saturated carbocycles. The molecule has 0 bridgehead atoms. The minimum atomic E-state index is -3.80. The maximum absolute atomic E-state index is 13.4. The van der Waals surface area contributed by atoms with Crippen molar-refractivity contribution in [3.63, 3.8) is 0 Å². The Labute approximate surface area is 200 Å². The molecule has 2 heterocycles. The van der Waals surface area contributed by atoms with Crippen molar-refractivity contribution >= 4 is 15.9 Å². The lowest BCUT2D eigenvalue weighted by molar-refractivity contribution is -0.126. The van der Waals surface area contributed by atoms with Crippen molar-refractivity contribution in [3.8, 4) is 5.75 Å². The summed E-state index contributed by atoms with van der Waals surface area (Å²) in [4.78, 5) is 13.5. The molecule has 0 radical (unpaired) electrons. The number of benzene rings is 2. The lowest BCUT2D eigenvalue weighted by Crippen LogP contribution is -2.46. The molecule has 3 aromatic rings. The van der Waals surface area contributed by atoms with Gasteiger partial charge in [0.15, 0.2) is 5.76 Å². The van der Waals surface area contributed by atoms with E-state index in [0.717, 1.165) is 16.9 Å². The molecule has 1 fully saturated rings. The van der Waals surface area contributed by atoms with Crippen LogP contribution >= 0.6 is 0 Å². The number of carbonyl (C=O) groups excluding carboxylic acids is 1. The largest absolute Gasteiger partial charge is 0.497 e. The molecule has 0 spiro atoms. The Morgan fingerprint density at radius 3 is 2.41 bits per heavy atom. The Bertz CT molecular complexity index is 1220. The molecule has 180 valence electrons. The van der Waals surface area contributed by atoms with Crippen molar-refractivity contribution in [2.75, 3.05) is 20.2 Å². The molecule has 1 saturated heterocycles. The average Bonchev–Trinajstić information content (AvgIpc) is 3.21. The molecular formula is C25H29N3O5S. The first kappa shape index (κ1) is 24.0. The summed E-state index contributed by atoms with van der Waals surface area (Å²) in [6.45, 7) is 3.66. The van der Waals surface area contributed by atoms with Crippen LogP contribution in [0, 0.1) is 19.8 Å². The number of carbonyl (C=O) groups is 1. The molecular weight excluding hydrogens is 454 g/mol. The highest BCUT2D eigenvalue weighted by Gasteiger charge is 2.37. The van der Waals surface area contributed by atoms with Crippen LogP contribution in [-0.4, -0.2) is 44.0 Å². The Hall–Kier alpha value is -3.17. The second-order valence-corrected chi connectivity index (χ2v) is 10.4. The van der Waals surface area contributed by atoms with E-state index in [0.29, 0.717) is 25.1 Å². The van der Waals surface area contributed by atoms with E-state index >= 15 is 0 Å². The van der Waals surface area contributed by atoms with Gasteiger partial charge in [-0.25, -0.2) is 8.42 Å². The molecule has 1 amide bonds. The van der Waals surface area contributed by atoms with Gasteiger partial charge in [0, 0.05) is 13.1 Å². The number of piperidine rings is 1. The van der Waals surface area contributed by atoms with Crippen molar-refractivity contribution in [2.45, 2.75) is 37.6 Å². The molecule has 1 aliphatic rings. The van der Waals surface area contributed by atoms with Gasteiger partial charge in [-0.15, -0.1) is 0 Å². The summed E-state index contributed by atoms with van der Waals surface area (Å²) in [6.07, 6.45) is 1.21. The number of hydrogen-bond acceptors (Lipinski definition) is 6. The van der Waals surface area contributed by atoms with Gasteiger partial charge in [0.25, 0.3) is 0 Å². The van der Waals surface area contributed by atoms with Crippen molar-refractivity contribution < 1.29 is 22.5 Å². The Morgan fingerprint density at radius 1 is 1.12 bits per heavy atom. The predicted octanol–water partition coefficient (Wildman–Crippen LogP) is 3.61. The van der Waals surface area contributed by atoms with E-state index in [-0.39, 0.29) is 29.1 Å². The number of amides is 1. The quantitative estimate of drug-likeness (QED) is 0.551. The second-order valence-electron chi connectivity index (χ2n) is 8.48. The van der Waals surface area contributed by atoms with Gasteiger partial charge >= 0.3 is 0 Å². The van der Waals surface area contributed by atoms with Crippen molar-refractivity contribution in [1.82, 2.24) is 14.8 Å². The van der Waals surface area contributed by atoms with Crippen LogP contribution in [0.25, 0.3) is 0 Å². The SMILES string of the molecule is COc1ccc(C(NC(=O)C2CCCN(S(=O)(=O)c3c(C)noc3C)C2)c2ccccc2)cc1. The third-order valence-corrected chi connectivity index (χ3v) is 8.30. The van der Waals surface area contributed by atoms with E-state index in [2.05, 4.69) is 10.5 Å². The molecule has 1 N–H and O–H groups in total. The number of nitrogens with one attached hydrogen (secondary N) is 1. The smallest absolute Gasteiger partial charge is 0.248 e. The Balaban J connectivity index is 1.55. The minimum Gasteiger partial charge on any atom is -0.497 e. The zero-order chi connectivity index (χ0) is 24.3. The van der Waals surface area contributed by atoms with Gasteiger partial charge in [-0.05, 0) is 49.9 Å². The summed E-state index contributed by atoms with van der Waals surface area (Å²) in [5.41, 5.74) is 2.18. The van der Waals surface area contributed by atoms with Gasteiger partial charge in [0.2, 0.25) is 15.9 Å². The van der Waals surface area contributed by atoms with Crippen LogP contribution in [0.15, 0.2) is 64.0 Å². The molecule has 8 nitrogen and oxygen atoms in total. The van der Waals surface area contributed by atoms with Crippen LogP contribution in [0.1, 0.15) is 41.5 Å². The lowest BCUT2D eigenvalue weighted by Gasteiger charge is -2.32. The highest BCUT2D eigenvalue weighted by atomic mass is 32.2. The van der Waals surface area contributed by atoms with Gasteiger partial charge in [-0.3, -0.25) is 4.79 Å². The zero-order valence-electron chi connectivity index (χ0n) is 19.5. The van der Waals surface area contributed by atoms with E-state index < -0.39 is 15.9 Å². The molecule has 2 aromatic carbocycles. The number of sulfonamides is 1. The summed E-state index contributed by atoms with van der Waals surface area (Å²) in [7, 11) is -2.20. The van der Waals surface area contributed by atoms with Crippen LogP contribution < -0.4 is 10.1 Å². The Kier molecular flexibility index (Phi) is 7.04. The third-order valence-electron chi connectivity index (χ3n) is 6.19. The molecule has 4 rings (SSSR count). The fourth-order valence-corrected chi connectivity index (χ4v) is 6.22. The predicted molar refractivity (Wildman–Crippen MR) is 127 cm³/mol. The molecule has 2 atom stereocenters. The van der Waals surface area contributed by atoms with Gasteiger partial charge in [-0.1, -0.05) is 47.6 Å². The average molecular weight is 484 g/mol. The number of ether oxygens (including phenoxy) is 1. The van der Waals surface area contributed by atoms with Crippen molar-refractivity contribution in [1.29, 1.82) is 0 Å². The molecule has 1 aromatic heterocycles. The normalized spacial score (nSPS) is 17.8. The first-order chi connectivity index (χ1) is 16.3. The van der Waals surface area contributed by atoms with Gasteiger partial charge in [-0.2, -0.15) is 4.31 Å². The fraction of sp³-hybridized carbons (Fsp3) is 0.360. The first-order valence-corrected chi connectivity index (χ1v) is 12.7. The number of nitrogens with zero attached hydrogens (tertiary/aromatic N) is 2. The summed E-state index contributed by atoms with van der Waals surface area (Å²) in [6, 6.07) is 16.9. The van der Waals surface area contributed by atoms with E-state index in [1.165, 1.54) is 4.31 Å². The summed E-state index contributed by atoms with van der Waals surface area (Å²) >= 11 is 0. The summed E-state index contributed by atoms with van der Waals surface area (Å²) in [5.74, 6) is 0.346. The van der Waals surface area contributed by atoms with E-state index in [9.17, 15) is 13.2 Å². The molecule has 1 aliphatic heterocycles. The molecule has 2 unspecified atom stereocenters. The highest BCUT2D eigenvalue weighted by molar-refractivity contribution is 7.89. The number of hydrogen-bond donors (Lipinski definition) is 1. The third kappa shape index (κ3) is 4.85. The first-order valence-electron chi connectivity index (χ1n) is 11.2. The van der Waals surface area contributed by atoms with Crippen LogP contribution in [0.3, 0.4) is 0 Å². The van der Waals surface area contributed by atoms with Crippen LogP contribution in [0.2, 0.25) is 0 Å². The van der Waals surface area contributed by atoms with Crippen LogP contribution in [0.5, 0.6) is 5.75 Å².